The van der Waals surface area contributed by atoms with Crippen molar-refractivity contribution in [1.82, 2.24) is 15.0 Å². The van der Waals surface area contributed by atoms with Gasteiger partial charge in [0.25, 0.3) is 0 Å². The highest BCUT2D eigenvalue weighted by atomic mass is 32.2. The van der Waals surface area contributed by atoms with Gasteiger partial charge in [-0.15, -0.1) is 11.8 Å². The van der Waals surface area contributed by atoms with E-state index in [1.54, 1.807) is 18.1 Å². The minimum Gasteiger partial charge on any atom is -0.357 e. The molecule has 3 nitrogen and oxygen atoms in total. The third-order valence-electron chi connectivity index (χ3n) is 2.70. The molecule has 0 aliphatic rings. The molecule has 0 fully saturated rings. The molecule has 0 radical (unpaired) electrons. The van der Waals surface area contributed by atoms with Crippen molar-refractivity contribution in [2.24, 2.45) is 0 Å². The molecule has 4 heteroatoms. The van der Waals surface area contributed by atoms with Crippen LogP contribution in [-0.4, -0.2) is 21.2 Å². The molecule has 0 atom stereocenters. The van der Waals surface area contributed by atoms with E-state index in [0.717, 1.165) is 27.2 Å². The number of fused-ring (bicyclic) bond motifs is 1. The van der Waals surface area contributed by atoms with Gasteiger partial charge < -0.3 is 4.98 Å². The Morgan fingerprint density at radius 3 is 2.71 bits per heavy atom. The Balaban J connectivity index is 2.28. The van der Waals surface area contributed by atoms with Gasteiger partial charge in [0, 0.05) is 11.8 Å². The second-order valence-corrected chi connectivity index (χ2v) is 4.52. The summed E-state index contributed by atoms with van der Waals surface area (Å²) < 4.78 is 0. The number of aromatic nitrogens is 3. The van der Waals surface area contributed by atoms with E-state index < -0.39 is 0 Å². The van der Waals surface area contributed by atoms with E-state index in [1.807, 2.05) is 30.7 Å². The van der Waals surface area contributed by atoms with Crippen LogP contribution in [0.3, 0.4) is 0 Å². The van der Waals surface area contributed by atoms with Gasteiger partial charge in [0.05, 0.1) is 16.1 Å². The van der Waals surface area contributed by atoms with Gasteiger partial charge in [0.2, 0.25) is 0 Å². The van der Waals surface area contributed by atoms with Gasteiger partial charge in [0.15, 0.2) is 0 Å². The standard InChI is InChI=1S/C13H11N3S/c1-17-10-7-14-13-11(15-8-16-12(10)13)9-5-3-2-4-6-9/h2-8,14H,1H3. The second kappa shape index (κ2) is 4.22. The molecule has 3 rings (SSSR count). The third-order valence-corrected chi connectivity index (χ3v) is 3.45. The molecule has 0 aliphatic carbocycles. The molecule has 0 aliphatic heterocycles. The Morgan fingerprint density at radius 2 is 1.94 bits per heavy atom. The van der Waals surface area contributed by atoms with Crippen LogP contribution in [0.25, 0.3) is 22.3 Å². The summed E-state index contributed by atoms with van der Waals surface area (Å²) in [6.45, 7) is 0. The fourth-order valence-electron chi connectivity index (χ4n) is 1.89. The summed E-state index contributed by atoms with van der Waals surface area (Å²) in [5.41, 5.74) is 4.06. The van der Waals surface area contributed by atoms with Crippen molar-refractivity contribution in [1.29, 1.82) is 0 Å². The lowest BCUT2D eigenvalue weighted by Crippen LogP contribution is -1.87. The molecule has 0 saturated heterocycles. The van der Waals surface area contributed by atoms with Gasteiger partial charge in [-0.05, 0) is 6.26 Å². The molecule has 84 valence electrons. The first-order chi connectivity index (χ1) is 8.40. The average Bonchev–Trinajstić information content (AvgIpc) is 2.82. The van der Waals surface area contributed by atoms with E-state index in [4.69, 9.17) is 0 Å². The highest BCUT2D eigenvalue weighted by molar-refractivity contribution is 7.98. The first kappa shape index (κ1) is 10.4. The van der Waals surface area contributed by atoms with Crippen molar-refractivity contribution >= 4 is 22.8 Å². The monoisotopic (exact) mass is 241 g/mol. The molecule has 2 aromatic heterocycles. The average molecular weight is 241 g/mol. The summed E-state index contributed by atoms with van der Waals surface area (Å²) in [4.78, 5) is 13.1. The predicted octanol–water partition coefficient (Wildman–Crippen LogP) is 3.35. The summed E-state index contributed by atoms with van der Waals surface area (Å²) in [7, 11) is 0. The highest BCUT2D eigenvalue weighted by Gasteiger charge is 2.10. The van der Waals surface area contributed by atoms with Crippen LogP contribution >= 0.6 is 11.8 Å². The topological polar surface area (TPSA) is 41.6 Å². The zero-order chi connectivity index (χ0) is 11.7. The van der Waals surface area contributed by atoms with Crippen LogP contribution in [0.1, 0.15) is 0 Å². The number of aromatic amines is 1. The first-order valence-electron chi connectivity index (χ1n) is 5.31. The molecule has 0 spiro atoms. The molecule has 3 aromatic rings. The Bertz CT molecular complexity index is 646. The maximum Gasteiger partial charge on any atom is 0.116 e. The Morgan fingerprint density at radius 1 is 1.12 bits per heavy atom. The van der Waals surface area contributed by atoms with E-state index in [9.17, 15) is 0 Å². The van der Waals surface area contributed by atoms with Gasteiger partial charge in [-0.25, -0.2) is 9.97 Å². The number of nitrogens with zero attached hydrogens (tertiary/aromatic N) is 2. The summed E-state index contributed by atoms with van der Waals surface area (Å²) in [5.74, 6) is 0. The fourth-order valence-corrected chi connectivity index (χ4v) is 2.41. The van der Waals surface area contributed by atoms with Crippen LogP contribution in [0.2, 0.25) is 0 Å². The quantitative estimate of drug-likeness (QED) is 0.699. The molecule has 0 saturated carbocycles. The molecular weight excluding hydrogens is 230 g/mol. The minimum absolute atomic E-state index is 0.955. The number of hydrogen-bond acceptors (Lipinski definition) is 3. The largest absolute Gasteiger partial charge is 0.357 e. The molecule has 17 heavy (non-hydrogen) atoms. The van der Waals surface area contributed by atoms with Crippen molar-refractivity contribution in [3.63, 3.8) is 0 Å². The smallest absolute Gasteiger partial charge is 0.116 e. The lowest BCUT2D eigenvalue weighted by atomic mass is 10.1. The zero-order valence-corrected chi connectivity index (χ0v) is 10.2. The SMILES string of the molecule is CSc1c[nH]c2c(-c3ccccc3)ncnc12. The van der Waals surface area contributed by atoms with Gasteiger partial charge >= 0.3 is 0 Å². The van der Waals surface area contributed by atoms with Crippen LogP contribution in [0, 0.1) is 0 Å². The summed E-state index contributed by atoms with van der Waals surface area (Å²) >= 11 is 1.69. The van der Waals surface area contributed by atoms with E-state index in [0.29, 0.717) is 0 Å². The molecule has 1 N–H and O–H groups in total. The Labute approximate surface area is 103 Å². The predicted molar refractivity (Wildman–Crippen MR) is 71.1 cm³/mol. The molecule has 0 amide bonds. The van der Waals surface area contributed by atoms with Crippen molar-refractivity contribution in [3.8, 4) is 11.3 Å². The number of benzene rings is 1. The van der Waals surface area contributed by atoms with Crippen LogP contribution in [-0.2, 0) is 0 Å². The summed E-state index contributed by atoms with van der Waals surface area (Å²) in [6.07, 6.45) is 5.65. The van der Waals surface area contributed by atoms with Gasteiger partial charge in [-0.1, -0.05) is 30.3 Å². The summed E-state index contributed by atoms with van der Waals surface area (Å²) in [5, 5.41) is 0. The van der Waals surface area contributed by atoms with Crippen molar-refractivity contribution < 1.29 is 0 Å². The van der Waals surface area contributed by atoms with Crippen molar-refractivity contribution in [3.05, 3.63) is 42.9 Å². The third kappa shape index (κ3) is 1.70. The van der Waals surface area contributed by atoms with E-state index in [-0.39, 0.29) is 0 Å². The van der Waals surface area contributed by atoms with Gasteiger partial charge in [-0.3, -0.25) is 0 Å². The van der Waals surface area contributed by atoms with E-state index >= 15 is 0 Å². The summed E-state index contributed by atoms with van der Waals surface area (Å²) in [6, 6.07) is 10.1. The number of thioether (sulfide) groups is 1. The van der Waals surface area contributed by atoms with Crippen LogP contribution in [0.15, 0.2) is 47.8 Å². The first-order valence-corrected chi connectivity index (χ1v) is 6.54. The van der Waals surface area contributed by atoms with Gasteiger partial charge in [0.1, 0.15) is 11.8 Å². The lowest BCUT2D eigenvalue weighted by Gasteiger charge is -2.01. The zero-order valence-electron chi connectivity index (χ0n) is 9.34. The van der Waals surface area contributed by atoms with Gasteiger partial charge in [-0.2, -0.15) is 0 Å². The molecular formula is C13H11N3S. The fraction of sp³-hybridized carbons (Fsp3) is 0.0769. The molecule has 0 unspecified atom stereocenters. The van der Waals surface area contributed by atoms with E-state index in [1.165, 1.54) is 0 Å². The Hall–Kier alpha value is -1.81. The lowest BCUT2D eigenvalue weighted by molar-refractivity contribution is 1.21. The Kier molecular flexibility index (Phi) is 2.57. The number of hydrogen-bond donors (Lipinski definition) is 1. The van der Waals surface area contributed by atoms with Crippen LogP contribution in [0.4, 0.5) is 0 Å². The van der Waals surface area contributed by atoms with Crippen LogP contribution in [0.5, 0.6) is 0 Å². The highest BCUT2D eigenvalue weighted by Crippen LogP contribution is 2.29. The number of rotatable bonds is 2. The minimum atomic E-state index is 0.955. The number of nitrogens with one attached hydrogen (secondary N) is 1. The molecule has 2 heterocycles. The maximum absolute atomic E-state index is 4.37. The van der Waals surface area contributed by atoms with Crippen molar-refractivity contribution in [2.75, 3.05) is 6.26 Å². The maximum atomic E-state index is 4.37. The molecule has 0 bridgehead atoms. The second-order valence-electron chi connectivity index (χ2n) is 3.67. The molecule has 1 aromatic carbocycles. The van der Waals surface area contributed by atoms with Crippen molar-refractivity contribution in [2.45, 2.75) is 4.90 Å². The van der Waals surface area contributed by atoms with E-state index in [2.05, 4.69) is 27.1 Å². The normalized spacial score (nSPS) is 10.9. The number of H-pyrrole nitrogens is 1. The van der Waals surface area contributed by atoms with Crippen LogP contribution < -0.4 is 0 Å².